The van der Waals surface area contributed by atoms with Gasteiger partial charge >= 0.3 is 0 Å². The van der Waals surface area contributed by atoms with Crippen LogP contribution in [-0.4, -0.2) is 28.5 Å². The van der Waals surface area contributed by atoms with Crippen molar-refractivity contribution in [2.75, 3.05) is 0 Å². The molecule has 0 spiro atoms. The molecule has 1 rings (SSSR count). The van der Waals surface area contributed by atoms with Crippen LogP contribution in [0.1, 0.15) is 12.8 Å². The Morgan fingerprint density at radius 2 is 1.78 bits per heavy atom. The normalized spacial score (nSPS) is 42.3. The van der Waals surface area contributed by atoms with E-state index < -0.39 is 6.10 Å². The molecule has 56 valence electrons. The average Bonchev–Trinajstić information content (AvgIpc) is 1.85. The second-order valence-corrected chi connectivity index (χ2v) is 2.36. The van der Waals surface area contributed by atoms with E-state index in [1.807, 2.05) is 0 Å². The Hall–Kier alpha value is 0.170. The highest BCUT2D eigenvalue weighted by Crippen LogP contribution is 2.16. The summed E-state index contributed by atoms with van der Waals surface area (Å²) in [4.78, 5) is 0. The van der Waals surface area contributed by atoms with Gasteiger partial charge in [0.05, 0.1) is 12.2 Å². The zero-order valence-electron chi connectivity index (χ0n) is 5.03. The van der Waals surface area contributed by atoms with Gasteiger partial charge in [-0.2, -0.15) is 0 Å². The summed E-state index contributed by atoms with van der Waals surface area (Å²) in [6.45, 7) is 0. The lowest BCUT2D eigenvalue weighted by atomic mass is 10.2. The van der Waals surface area contributed by atoms with Crippen LogP contribution in [0.5, 0.6) is 0 Å². The average molecular weight is 154 g/mol. The number of hydrogen-bond acceptors (Lipinski definition) is 3. The molecule has 0 aromatic heterocycles. The third-order valence-corrected chi connectivity index (χ3v) is 1.55. The van der Waals surface area contributed by atoms with Crippen LogP contribution in [0.25, 0.3) is 0 Å². The SMILES string of the molecule is Cl.N[C@@H]1C[C@H](O)C[C@H]1O. The lowest BCUT2D eigenvalue weighted by Gasteiger charge is -2.04. The second kappa shape index (κ2) is 3.37. The van der Waals surface area contributed by atoms with Crippen LogP contribution >= 0.6 is 12.4 Å². The summed E-state index contributed by atoms with van der Waals surface area (Å²) in [7, 11) is 0. The van der Waals surface area contributed by atoms with Gasteiger partial charge < -0.3 is 15.9 Å². The van der Waals surface area contributed by atoms with E-state index in [1.165, 1.54) is 0 Å². The Kier molecular flexibility index (Phi) is 3.43. The fourth-order valence-corrected chi connectivity index (χ4v) is 1.02. The standard InChI is InChI=1S/C5H11NO2.ClH/c6-4-1-3(7)2-5(4)8;/h3-5,7-8H,1-2,6H2;1H/t3-,4+,5+;/m0./s1. The van der Waals surface area contributed by atoms with Crippen molar-refractivity contribution in [1.82, 2.24) is 0 Å². The van der Waals surface area contributed by atoms with Crippen LogP contribution in [0.2, 0.25) is 0 Å². The van der Waals surface area contributed by atoms with E-state index in [-0.39, 0.29) is 24.6 Å². The van der Waals surface area contributed by atoms with Gasteiger partial charge in [0.15, 0.2) is 0 Å². The van der Waals surface area contributed by atoms with Crippen LogP contribution in [0.3, 0.4) is 0 Å². The fourth-order valence-electron chi connectivity index (χ4n) is 1.02. The Morgan fingerprint density at radius 3 is 1.89 bits per heavy atom. The van der Waals surface area contributed by atoms with Crippen molar-refractivity contribution in [2.24, 2.45) is 5.73 Å². The maximum atomic E-state index is 8.88. The summed E-state index contributed by atoms with van der Waals surface area (Å²) in [6, 6.07) is -0.204. The van der Waals surface area contributed by atoms with E-state index in [2.05, 4.69) is 0 Å². The summed E-state index contributed by atoms with van der Waals surface area (Å²) in [5, 5.41) is 17.7. The number of hydrogen-bond donors (Lipinski definition) is 3. The first-order valence-electron chi connectivity index (χ1n) is 2.82. The molecule has 0 aromatic carbocycles. The molecule has 3 atom stereocenters. The van der Waals surface area contributed by atoms with E-state index in [0.717, 1.165) is 0 Å². The monoisotopic (exact) mass is 153 g/mol. The Bertz CT molecular complexity index is 81.0. The third-order valence-electron chi connectivity index (χ3n) is 1.55. The molecule has 0 aliphatic heterocycles. The van der Waals surface area contributed by atoms with Gasteiger partial charge in [-0.05, 0) is 6.42 Å². The third kappa shape index (κ3) is 2.10. The highest BCUT2D eigenvalue weighted by Gasteiger charge is 2.28. The summed E-state index contributed by atoms with van der Waals surface area (Å²) in [5.41, 5.74) is 5.36. The first kappa shape index (κ1) is 9.17. The zero-order valence-corrected chi connectivity index (χ0v) is 5.84. The number of aliphatic hydroxyl groups excluding tert-OH is 2. The molecule has 0 aromatic rings. The first-order chi connectivity index (χ1) is 3.70. The van der Waals surface area contributed by atoms with Crippen LogP contribution < -0.4 is 5.73 Å². The van der Waals surface area contributed by atoms with Gasteiger partial charge in [-0.1, -0.05) is 0 Å². The van der Waals surface area contributed by atoms with Gasteiger partial charge in [0.1, 0.15) is 0 Å². The molecule has 1 aliphatic carbocycles. The van der Waals surface area contributed by atoms with Gasteiger partial charge in [-0.25, -0.2) is 0 Å². The van der Waals surface area contributed by atoms with Crippen LogP contribution in [0.4, 0.5) is 0 Å². The fraction of sp³-hybridized carbons (Fsp3) is 1.00. The molecule has 1 aliphatic rings. The van der Waals surface area contributed by atoms with Crippen molar-refractivity contribution >= 4 is 12.4 Å². The van der Waals surface area contributed by atoms with E-state index in [9.17, 15) is 0 Å². The number of rotatable bonds is 0. The lowest BCUT2D eigenvalue weighted by Crippen LogP contribution is -2.28. The minimum atomic E-state index is -0.481. The van der Waals surface area contributed by atoms with Crippen LogP contribution in [-0.2, 0) is 0 Å². The predicted octanol–water partition coefficient (Wildman–Crippen LogP) is -0.749. The number of aliphatic hydroxyl groups is 2. The van der Waals surface area contributed by atoms with Gasteiger partial charge in [0.2, 0.25) is 0 Å². The van der Waals surface area contributed by atoms with Crippen molar-refractivity contribution in [3.8, 4) is 0 Å². The van der Waals surface area contributed by atoms with Crippen molar-refractivity contribution in [3.05, 3.63) is 0 Å². The molecule has 4 heteroatoms. The Morgan fingerprint density at radius 1 is 1.22 bits per heavy atom. The highest BCUT2D eigenvalue weighted by atomic mass is 35.5. The highest BCUT2D eigenvalue weighted by molar-refractivity contribution is 5.85. The molecule has 0 saturated heterocycles. The predicted molar refractivity (Wildman–Crippen MR) is 36.5 cm³/mol. The molecule has 0 heterocycles. The summed E-state index contributed by atoms with van der Waals surface area (Å²) in [6.07, 6.45) is 0.132. The summed E-state index contributed by atoms with van der Waals surface area (Å²) in [5.74, 6) is 0. The summed E-state index contributed by atoms with van der Waals surface area (Å²) < 4.78 is 0. The molecule has 1 fully saturated rings. The van der Waals surface area contributed by atoms with Crippen LogP contribution in [0.15, 0.2) is 0 Å². The number of nitrogens with two attached hydrogens (primary N) is 1. The largest absolute Gasteiger partial charge is 0.393 e. The van der Waals surface area contributed by atoms with Crippen molar-refractivity contribution in [3.63, 3.8) is 0 Å². The van der Waals surface area contributed by atoms with Crippen molar-refractivity contribution < 1.29 is 10.2 Å². The van der Waals surface area contributed by atoms with Gasteiger partial charge in [-0.15, -0.1) is 12.4 Å². The van der Waals surface area contributed by atoms with Crippen molar-refractivity contribution in [2.45, 2.75) is 31.1 Å². The van der Waals surface area contributed by atoms with E-state index >= 15 is 0 Å². The quantitative estimate of drug-likeness (QED) is 0.429. The Labute approximate surface area is 60.3 Å². The second-order valence-electron chi connectivity index (χ2n) is 2.36. The topological polar surface area (TPSA) is 66.5 Å². The maximum Gasteiger partial charge on any atom is 0.0716 e. The minimum Gasteiger partial charge on any atom is -0.393 e. The van der Waals surface area contributed by atoms with E-state index in [4.69, 9.17) is 15.9 Å². The molecule has 3 nitrogen and oxygen atoms in total. The smallest absolute Gasteiger partial charge is 0.0716 e. The molecule has 0 unspecified atom stereocenters. The van der Waals surface area contributed by atoms with Crippen LogP contribution in [0, 0.1) is 0 Å². The Balaban J connectivity index is 0.000000640. The maximum absolute atomic E-state index is 8.88. The molecular weight excluding hydrogens is 142 g/mol. The molecule has 0 amide bonds. The zero-order chi connectivity index (χ0) is 6.15. The molecular formula is C5H12ClNO2. The first-order valence-corrected chi connectivity index (χ1v) is 2.82. The minimum absolute atomic E-state index is 0. The van der Waals surface area contributed by atoms with Gasteiger partial charge in [-0.3, -0.25) is 0 Å². The molecule has 9 heavy (non-hydrogen) atoms. The van der Waals surface area contributed by atoms with Gasteiger partial charge in [0.25, 0.3) is 0 Å². The lowest BCUT2D eigenvalue weighted by molar-refractivity contribution is 0.133. The molecule has 4 N–H and O–H groups in total. The van der Waals surface area contributed by atoms with E-state index in [1.54, 1.807) is 0 Å². The molecule has 1 saturated carbocycles. The van der Waals surface area contributed by atoms with Crippen molar-refractivity contribution in [1.29, 1.82) is 0 Å². The molecule has 0 bridgehead atoms. The van der Waals surface area contributed by atoms with Gasteiger partial charge in [0, 0.05) is 12.5 Å². The molecule has 0 radical (unpaired) electrons. The van der Waals surface area contributed by atoms with E-state index in [0.29, 0.717) is 12.8 Å². The summed E-state index contributed by atoms with van der Waals surface area (Å²) >= 11 is 0. The number of halogens is 1.